The fourth-order valence-electron chi connectivity index (χ4n) is 4.59. The molecule has 0 amide bonds. The lowest BCUT2D eigenvalue weighted by atomic mass is 9.97. The second kappa shape index (κ2) is 7.14. The number of β-amino-alcohol motifs (C(OH)–C–C–N with tert-alkyl or cyclic N) is 1. The third-order valence-corrected chi connectivity index (χ3v) is 6.05. The molecule has 1 aromatic carbocycles. The topological polar surface area (TPSA) is 42.8 Å². The van der Waals surface area contributed by atoms with Gasteiger partial charge in [-0.05, 0) is 45.0 Å². The summed E-state index contributed by atoms with van der Waals surface area (Å²) in [6.45, 7) is 10.3. The van der Waals surface area contributed by atoms with E-state index in [2.05, 4.69) is 58.8 Å². The van der Waals surface area contributed by atoms with Crippen LogP contribution in [0.3, 0.4) is 0 Å². The first-order valence-corrected chi connectivity index (χ1v) is 9.74. The van der Waals surface area contributed by atoms with Crippen molar-refractivity contribution >= 4 is 16.6 Å². The summed E-state index contributed by atoms with van der Waals surface area (Å²) in [5, 5.41) is 12.1. The minimum atomic E-state index is -0.304. The molecule has 0 aliphatic carbocycles. The Morgan fingerprint density at radius 3 is 2.58 bits per heavy atom. The number of piperidine rings is 1. The normalized spacial score (nSPS) is 25.8. The molecule has 2 atom stereocenters. The van der Waals surface area contributed by atoms with E-state index in [-0.39, 0.29) is 12.1 Å². The molecule has 0 radical (unpaired) electrons. The maximum atomic E-state index is 10.9. The molecule has 5 nitrogen and oxygen atoms in total. The van der Waals surface area contributed by atoms with Crippen LogP contribution in [0.2, 0.25) is 0 Å². The third-order valence-electron chi connectivity index (χ3n) is 6.05. The highest BCUT2D eigenvalue weighted by molar-refractivity contribution is 5.94. The summed E-state index contributed by atoms with van der Waals surface area (Å²) in [6, 6.07) is 6.80. The van der Waals surface area contributed by atoms with E-state index in [4.69, 9.17) is 0 Å². The first-order valence-electron chi connectivity index (χ1n) is 9.74. The van der Waals surface area contributed by atoms with Crippen molar-refractivity contribution in [3.8, 4) is 0 Å². The fraction of sp³-hybridized carbons (Fsp3) is 0.571. The molecule has 4 rings (SSSR count). The number of hydrogen-bond acceptors (Lipinski definition) is 5. The summed E-state index contributed by atoms with van der Waals surface area (Å²) in [5.41, 5.74) is 4.76. The predicted molar refractivity (Wildman–Crippen MR) is 107 cm³/mol. The van der Waals surface area contributed by atoms with E-state index in [1.165, 1.54) is 22.2 Å². The number of aliphatic hydroxyl groups is 1. The van der Waals surface area contributed by atoms with Crippen LogP contribution in [0.15, 0.2) is 24.4 Å². The predicted octanol–water partition coefficient (Wildman–Crippen LogP) is 2.04. The Labute approximate surface area is 156 Å². The molecule has 2 aliphatic heterocycles. The summed E-state index contributed by atoms with van der Waals surface area (Å²) in [6.07, 6.45) is 2.61. The van der Waals surface area contributed by atoms with Crippen molar-refractivity contribution in [2.45, 2.75) is 32.4 Å². The van der Waals surface area contributed by atoms with Gasteiger partial charge in [-0.25, -0.2) is 0 Å². The fourth-order valence-corrected chi connectivity index (χ4v) is 4.59. The maximum absolute atomic E-state index is 10.9. The second-order valence-corrected chi connectivity index (χ2v) is 8.02. The van der Waals surface area contributed by atoms with E-state index in [0.717, 1.165) is 44.7 Å². The molecule has 5 heteroatoms. The van der Waals surface area contributed by atoms with Gasteiger partial charge in [-0.3, -0.25) is 9.88 Å². The molecular formula is C21H30N4O. The number of hydrogen-bond donors (Lipinski definition) is 1. The van der Waals surface area contributed by atoms with Crippen molar-refractivity contribution < 1.29 is 5.11 Å². The first kappa shape index (κ1) is 17.7. The zero-order valence-electron chi connectivity index (χ0n) is 16.1. The highest BCUT2D eigenvalue weighted by Crippen LogP contribution is 2.31. The Morgan fingerprint density at radius 1 is 1.08 bits per heavy atom. The molecule has 2 fully saturated rings. The maximum Gasteiger partial charge on any atom is 0.0870 e. The minimum absolute atomic E-state index is 0.288. The van der Waals surface area contributed by atoms with E-state index in [9.17, 15) is 5.11 Å². The van der Waals surface area contributed by atoms with Crippen LogP contribution in [0.5, 0.6) is 0 Å². The van der Waals surface area contributed by atoms with Gasteiger partial charge in [-0.2, -0.15) is 0 Å². The van der Waals surface area contributed by atoms with Crippen molar-refractivity contribution in [3.63, 3.8) is 0 Å². The largest absolute Gasteiger partial charge is 0.390 e. The van der Waals surface area contributed by atoms with Gasteiger partial charge >= 0.3 is 0 Å². The highest BCUT2D eigenvalue weighted by atomic mass is 16.3. The molecule has 2 saturated heterocycles. The van der Waals surface area contributed by atoms with Gasteiger partial charge in [0.25, 0.3) is 0 Å². The number of anilines is 1. The summed E-state index contributed by atoms with van der Waals surface area (Å²) >= 11 is 0. The van der Waals surface area contributed by atoms with Crippen LogP contribution >= 0.6 is 0 Å². The number of fused-ring (bicyclic) bond motifs is 1. The van der Waals surface area contributed by atoms with E-state index >= 15 is 0 Å². The number of nitrogens with zero attached hydrogens (tertiary/aromatic N) is 4. The first-order chi connectivity index (χ1) is 12.5. The lowest BCUT2D eigenvalue weighted by molar-refractivity contribution is 0.0140. The number of aliphatic hydroxyl groups excluding tert-OH is 1. The molecule has 0 saturated carbocycles. The van der Waals surface area contributed by atoms with Crippen molar-refractivity contribution in [3.05, 3.63) is 35.5 Å². The molecule has 26 heavy (non-hydrogen) atoms. The summed E-state index contributed by atoms with van der Waals surface area (Å²) in [5.74, 6) is 0. The van der Waals surface area contributed by atoms with Crippen LogP contribution in [0.25, 0.3) is 10.9 Å². The van der Waals surface area contributed by atoms with Gasteiger partial charge < -0.3 is 14.9 Å². The molecule has 0 spiro atoms. The molecule has 0 unspecified atom stereocenters. The van der Waals surface area contributed by atoms with Crippen LogP contribution in [0, 0.1) is 13.8 Å². The number of pyridine rings is 1. The van der Waals surface area contributed by atoms with E-state index in [1.807, 2.05) is 6.20 Å². The highest BCUT2D eigenvalue weighted by Gasteiger charge is 2.33. The monoisotopic (exact) mass is 354 g/mol. The summed E-state index contributed by atoms with van der Waals surface area (Å²) < 4.78 is 0. The molecule has 140 valence electrons. The zero-order chi connectivity index (χ0) is 18.3. The molecule has 3 heterocycles. The van der Waals surface area contributed by atoms with Gasteiger partial charge in [-0.1, -0.05) is 11.6 Å². The van der Waals surface area contributed by atoms with E-state index in [1.54, 1.807) is 0 Å². The number of aromatic nitrogens is 1. The lowest BCUT2D eigenvalue weighted by Gasteiger charge is -2.45. The van der Waals surface area contributed by atoms with Crippen molar-refractivity contribution in [1.82, 2.24) is 14.8 Å². The molecule has 1 N–H and O–H groups in total. The van der Waals surface area contributed by atoms with Gasteiger partial charge in [0.15, 0.2) is 0 Å². The standard InChI is InChI=1S/C21H30N4O/c1-15-12-16(2)21-17(13-15)18(4-6-22-21)25-7-5-19(20(26)14-25)24-10-8-23(3)9-11-24/h4,6,12-13,19-20,26H,5,7-11,14H2,1-3H3/t19-,20-/m1/s1. The van der Waals surface area contributed by atoms with Crippen LogP contribution in [-0.2, 0) is 0 Å². The van der Waals surface area contributed by atoms with E-state index < -0.39 is 0 Å². The van der Waals surface area contributed by atoms with E-state index in [0.29, 0.717) is 6.54 Å². The quantitative estimate of drug-likeness (QED) is 0.894. The molecule has 0 bridgehead atoms. The van der Waals surface area contributed by atoms with Crippen molar-refractivity contribution in [2.24, 2.45) is 0 Å². The number of aryl methyl sites for hydroxylation is 2. The van der Waals surface area contributed by atoms with Gasteiger partial charge in [0, 0.05) is 62.6 Å². The number of likely N-dealkylation sites (N-methyl/N-ethyl adjacent to an activating group) is 1. The van der Waals surface area contributed by atoms with Gasteiger partial charge in [0.05, 0.1) is 11.6 Å². The van der Waals surface area contributed by atoms with Gasteiger partial charge in [0.2, 0.25) is 0 Å². The molecule has 2 aromatic rings. The summed E-state index contributed by atoms with van der Waals surface area (Å²) in [4.78, 5) is 11.8. The number of rotatable bonds is 2. The molecule has 2 aliphatic rings. The van der Waals surface area contributed by atoms with Crippen LogP contribution in [0.1, 0.15) is 17.5 Å². The lowest BCUT2D eigenvalue weighted by Crippen LogP contribution is -2.58. The SMILES string of the molecule is Cc1cc(C)c2nccc(N3CC[C@@H](N4CCN(C)CC4)[C@H](O)C3)c2c1. The molecular weight excluding hydrogens is 324 g/mol. The van der Waals surface area contributed by atoms with Crippen molar-refractivity contribution in [1.29, 1.82) is 0 Å². The third kappa shape index (κ3) is 3.31. The number of benzene rings is 1. The van der Waals surface area contributed by atoms with Crippen LogP contribution < -0.4 is 4.90 Å². The van der Waals surface area contributed by atoms with Crippen molar-refractivity contribution in [2.75, 3.05) is 51.2 Å². The van der Waals surface area contributed by atoms with Crippen LogP contribution in [-0.4, -0.2) is 78.4 Å². The Bertz CT molecular complexity index is 785. The Morgan fingerprint density at radius 2 is 1.85 bits per heavy atom. The number of piperazine rings is 1. The summed E-state index contributed by atoms with van der Waals surface area (Å²) in [7, 11) is 2.18. The minimum Gasteiger partial charge on any atom is -0.390 e. The average Bonchev–Trinajstić information content (AvgIpc) is 2.62. The average molecular weight is 354 g/mol. The van der Waals surface area contributed by atoms with Gasteiger partial charge in [-0.15, -0.1) is 0 Å². The van der Waals surface area contributed by atoms with Gasteiger partial charge in [0.1, 0.15) is 0 Å². The zero-order valence-corrected chi connectivity index (χ0v) is 16.1. The Hall–Kier alpha value is -1.69. The van der Waals surface area contributed by atoms with Crippen LogP contribution in [0.4, 0.5) is 5.69 Å². The Balaban J connectivity index is 1.55. The second-order valence-electron chi connectivity index (χ2n) is 8.02. The molecule has 1 aromatic heterocycles. The smallest absolute Gasteiger partial charge is 0.0870 e. The Kier molecular flexibility index (Phi) is 4.86.